The Bertz CT molecular complexity index is 1180. The van der Waals surface area contributed by atoms with Gasteiger partial charge in [-0.05, 0) is 67.6 Å². The maximum atomic E-state index is 13.4. The number of hydrogen-bond acceptors (Lipinski definition) is 4. The first-order valence-corrected chi connectivity index (χ1v) is 12.9. The van der Waals surface area contributed by atoms with Crippen molar-refractivity contribution >= 4 is 29.3 Å². The van der Waals surface area contributed by atoms with Crippen molar-refractivity contribution in [1.29, 1.82) is 0 Å². The van der Waals surface area contributed by atoms with Crippen LogP contribution in [0.4, 0.5) is 10.1 Å². The average molecular weight is 479 g/mol. The summed E-state index contributed by atoms with van der Waals surface area (Å²) in [5.41, 5.74) is 4.75. The van der Waals surface area contributed by atoms with E-state index in [2.05, 4.69) is 10.4 Å². The second kappa shape index (κ2) is 10.0. The van der Waals surface area contributed by atoms with Gasteiger partial charge in [-0.2, -0.15) is 16.9 Å². The highest BCUT2D eigenvalue weighted by atomic mass is 32.2. The molecule has 2 aliphatic rings. The number of anilines is 1. The van der Waals surface area contributed by atoms with E-state index in [1.165, 1.54) is 12.1 Å². The number of carbonyl (C=O) groups excluding carboxylic acids is 2. The minimum atomic E-state index is -0.303. The van der Waals surface area contributed by atoms with Crippen molar-refractivity contribution in [3.63, 3.8) is 0 Å². The van der Waals surface area contributed by atoms with E-state index in [0.717, 1.165) is 72.8 Å². The van der Waals surface area contributed by atoms with Crippen molar-refractivity contribution in [2.24, 2.45) is 0 Å². The van der Waals surface area contributed by atoms with E-state index in [0.29, 0.717) is 17.8 Å². The van der Waals surface area contributed by atoms with Gasteiger partial charge in [0.15, 0.2) is 5.69 Å². The van der Waals surface area contributed by atoms with Gasteiger partial charge in [0.25, 0.3) is 5.91 Å². The summed E-state index contributed by atoms with van der Waals surface area (Å²) in [7, 11) is 0. The number of halogens is 1. The number of rotatable bonds is 5. The summed E-state index contributed by atoms with van der Waals surface area (Å²) in [5.74, 6) is 1.58. The largest absolute Gasteiger partial charge is 0.341 e. The molecule has 1 saturated heterocycles. The minimum absolute atomic E-state index is 0.148. The lowest BCUT2D eigenvalue weighted by Gasteiger charge is -2.26. The lowest BCUT2D eigenvalue weighted by atomic mass is 9.95. The zero-order valence-electron chi connectivity index (χ0n) is 18.9. The van der Waals surface area contributed by atoms with Gasteiger partial charge in [0.05, 0.1) is 12.1 Å². The van der Waals surface area contributed by atoms with Crippen molar-refractivity contribution in [3.05, 3.63) is 76.9 Å². The predicted octanol–water partition coefficient (Wildman–Crippen LogP) is 4.26. The molecule has 8 heteroatoms. The first-order valence-electron chi connectivity index (χ1n) is 11.7. The van der Waals surface area contributed by atoms with E-state index in [9.17, 15) is 14.0 Å². The number of nitrogens with zero attached hydrogens (tertiary/aromatic N) is 3. The van der Waals surface area contributed by atoms with Crippen molar-refractivity contribution in [3.8, 4) is 5.69 Å². The summed E-state index contributed by atoms with van der Waals surface area (Å²) in [5, 5.41) is 7.58. The molecule has 3 aromatic rings. The van der Waals surface area contributed by atoms with Gasteiger partial charge in [-0.1, -0.05) is 12.1 Å². The highest BCUT2D eigenvalue weighted by molar-refractivity contribution is 7.99. The first kappa shape index (κ1) is 22.7. The molecule has 0 bridgehead atoms. The Labute approximate surface area is 202 Å². The number of aromatic nitrogens is 2. The Morgan fingerprint density at radius 2 is 1.68 bits per heavy atom. The molecular weight excluding hydrogens is 451 g/mol. The van der Waals surface area contributed by atoms with Crippen LogP contribution in [0.25, 0.3) is 5.69 Å². The summed E-state index contributed by atoms with van der Waals surface area (Å²) in [4.78, 5) is 27.6. The Kier molecular flexibility index (Phi) is 6.67. The Hall–Kier alpha value is -3.13. The third-order valence-corrected chi connectivity index (χ3v) is 7.34. The van der Waals surface area contributed by atoms with E-state index < -0.39 is 0 Å². The van der Waals surface area contributed by atoms with Crippen LogP contribution >= 0.6 is 11.8 Å². The first-order chi connectivity index (χ1) is 16.6. The zero-order chi connectivity index (χ0) is 23.5. The molecule has 2 heterocycles. The number of carbonyl (C=O) groups is 2. The molecule has 0 unspecified atom stereocenters. The van der Waals surface area contributed by atoms with Crippen LogP contribution in [0.2, 0.25) is 0 Å². The van der Waals surface area contributed by atoms with Crippen molar-refractivity contribution in [1.82, 2.24) is 14.7 Å². The van der Waals surface area contributed by atoms with Gasteiger partial charge in [0.2, 0.25) is 5.91 Å². The fraction of sp³-hybridized carbons (Fsp3) is 0.346. The third-order valence-electron chi connectivity index (χ3n) is 6.40. The number of hydrogen-bond donors (Lipinski definition) is 1. The van der Waals surface area contributed by atoms with Crippen molar-refractivity contribution in [2.45, 2.75) is 32.1 Å². The van der Waals surface area contributed by atoms with E-state index >= 15 is 0 Å². The maximum absolute atomic E-state index is 13.4. The number of benzene rings is 2. The predicted molar refractivity (Wildman–Crippen MR) is 132 cm³/mol. The SMILES string of the molecule is O=C(Nc1ccc(CC(=O)N2CCSCC2)cc1)c1nn(-c2ccc(F)cc2)c2c1CCCC2. The molecule has 2 amide bonds. The summed E-state index contributed by atoms with van der Waals surface area (Å²) >= 11 is 1.88. The normalized spacial score (nSPS) is 15.6. The van der Waals surface area contributed by atoms with E-state index in [1.54, 1.807) is 16.8 Å². The molecular formula is C26H27FN4O2S. The topological polar surface area (TPSA) is 67.2 Å². The zero-order valence-corrected chi connectivity index (χ0v) is 19.7. The molecule has 5 rings (SSSR count). The summed E-state index contributed by atoms with van der Waals surface area (Å²) in [6.45, 7) is 1.62. The maximum Gasteiger partial charge on any atom is 0.276 e. The molecule has 1 aliphatic heterocycles. The lowest BCUT2D eigenvalue weighted by molar-refractivity contribution is -0.130. The van der Waals surface area contributed by atoms with Crippen LogP contribution in [-0.4, -0.2) is 51.1 Å². The molecule has 0 spiro atoms. The van der Waals surface area contributed by atoms with Gasteiger partial charge >= 0.3 is 0 Å². The second-order valence-corrected chi connectivity index (χ2v) is 9.91. The molecule has 1 N–H and O–H groups in total. The van der Waals surface area contributed by atoms with Gasteiger partial charge in [-0.25, -0.2) is 9.07 Å². The molecule has 1 fully saturated rings. The molecule has 6 nitrogen and oxygen atoms in total. The van der Waals surface area contributed by atoms with Crippen LogP contribution in [0.5, 0.6) is 0 Å². The van der Waals surface area contributed by atoms with Crippen molar-refractivity contribution in [2.75, 3.05) is 29.9 Å². The Balaban J connectivity index is 1.30. The molecule has 0 atom stereocenters. The molecule has 1 aliphatic carbocycles. The third kappa shape index (κ3) is 4.87. The molecule has 0 radical (unpaired) electrons. The fourth-order valence-corrected chi connectivity index (χ4v) is 5.48. The quantitative estimate of drug-likeness (QED) is 0.595. The van der Waals surface area contributed by atoms with Crippen LogP contribution in [0.1, 0.15) is 40.2 Å². The van der Waals surface area contributed by atoms with E-state index in [-0.39, 0.29) is 17.6 Å². The fourth-order valence-electron chi connectivity index (χ4n) is 4.57. The van der Waals surface area contributed by atoms with Crippen LogP contribution < -0.4 is 5.32 Å². The summed E-state index contributed by atoms with van der Waals surface area (Å²) < 4.78 is 15.2. The lowest BCUT2D eigenvalue weighted by Crippen LogP contribution is -2.38. The Morgan fingerprint density at radius 1 is 0.971 bits per heavy atom. The highest BCUT2D eigenvalue weighted by Crippen LogP contribution is 2.28. The Morgan fingerprint density at radius 3 is 2.41 bits per heavy atom. The average Bonchev–Trinajstić information content (AvgIpc) is 3.26. The van der Waals surface area contributed by atoms with Crippen molar-refractivity contribution < 1.29 is 14.0 Å². The van der Waals surface area contributed by atoms with Crippen LogP contribution in [0.3, 0.4) is 0 Å². The molecule has 2 aromatic carbocycles. The number of thioether (sulfide) groups is 1. The number of fused-ring (bicyclic) bond motifs is 1. The summed E-state index contributed by atoms with van der Waals surface area (Å²) in [6.07, 6.45) is 4.06. The smallest absolute Gasteiger partial charge is 0.276 e. The van der Waals surface area contributed by atoms with Gasteiger partial charge in [-0.15, -0.1) is 0 Å². The number of amides is 2. The van der Waals surface area contributed by atoms with E-state index in [1.807, 2.05) is 40.9 Å². The molecule has 34 heavy (non-hydrogen) atoms. The van der Waals surface area contributed by atoms with Crippen LogP contribution in [-0.2, 0) is 24.1 Å². The van der Waals surface area contributed by atoms with Gasteiger partial charge in [0.1, 0.15) is 5.82 Å². The van der Waals surface area contributed by atoms with E-state index in [4.69, 9.17) is 0 Å². The van der Waals surface area contributed by atoms with Crippen LogP contribution in [0, 0.1) is 5.82 Å². The monoisotopic (exact) mass is 478 g/mol. The second-order valence-electron chi connectivity index (χ2n) is 8.69. The molecule has 176 valence electrons. The van der Waals surface area contributed by atoms with Gasteiger partial charge in [0, 0.05) is 41.5 Å². The summed E-state index contributed by atoms with van der Waals surface area (Å²) in [6, 6.07) is 13.6. The molecule has 0 saturated carbocycles. The standard InChI is InChI=1S/C26H27FN4O2S/c27-19-7-11-21(12-8-19)31-23-4-2-1-3-22(23)25(29-31)26(33)28-20-9-5-18(6-10-20)17-24(32)30-13-15-34-16-14-30/h5-12H,1-4,13-17H2,(H,28,33). The number of nitrogens with one attached hydrogen (secondary N) is 1. The van der Waals surface area contributed by atoms with Gasteiger partial charge < -0.3 is 10.2 Å². The van der Waals surface area contributed by atoms with Gasteiger partial charge in [-0.3, -0.25) is 9.59 Å². The molecule has 1 aromatic heterocycles. The van der Waals surface area contributed by atoms with Crippen LogP contribution in [0.15, 0.2) is 48.5 Å². The minimum Gasteiger partial charge on any atom is -0.341 e. The highest BCUT2D eigenvalue weighted by Gasteiger charge is 2.26.